The Balaban J connectivity index is 1.53. The van der Waals surface area contributed by atoms with Crippen molar-refractivity contribution in [3.05, 3.63) is 54.1 Å². The lowest BCUT2D eigenvalue weighted by atomic mass is 9.98. The number of halogens is 4. The van der Waals surface area contributed by atoms with E-state index in [9.17, 15) is 17.6 Å². The van der Waals surface area contributed by atoms with Crippen LogP contribution >= 0.6 is 0 Å². The molecule has 1 aliphatic heterocycles. The number of anilines is 1. The second-order valence-corrected chi connectivity index (χ2v) is 7.58. The molecule has 0 saturated heterocycles. The maximum atomic E-state index is 13.7. The van der Waals surface area contributed by atoms with Gasteiger partial charge in [-0.15, -0.1) is 0 Å². The lowest BCUT2D eigenvalue weighted by molar-refractivity contribution is -0.0621. The van der Waals surface area contributed by atoms with E-state index in [4.69, 9.17) is 0 Å². The number of hydrogen-bond acceptors (Lipinski definition) is 3. The number of hydrazone groups is 1. The first-order valence-electron chi connectivity index (χ1n) is 9.53. The molecule has 150 valence electrons. The summed E-state index contributed by atoms with van der Waals surface area (Å²) in [5.74, 6) is -0.209. The number of rotatable bonds is 2. The summed E-state index contributed by atoms with van der Waals surface area (Å²) in [7, 11) is 0. The molecule has 2 heterocycles. The molecule has 0 bridgehead atoms. The predicted octanol–water partition coefficient (Wildman–Crippen LogP) is 5.38. The van der Waals surface area contributed by atoms with Crippen molar-refractivity contribution in [2.45, 2.75) is 38.4 Å². The van der Waals surface area contributed by atoms with Gasteiger partial charge < -0.3 is 0 Å². The van der Waals surface area contributed by atoms with Crippen LogP contribution in [0.2, 0.25) is 0 Å². The largest absolute Gasteiger partial charge is 0.431 e. The number of hydrogen-bond donors (Lipinski definition) is 0. The van der Waals surface area contributed by atoms with Crippen molar-refractivity contribution in [2.75, 3.05) is 5.01 Å². The number of aryl methyl sites for hydroxylation is 1. The Morgan fingerprint density at radius 3 is 2.45 bits per heavy atom. The van der Waals surface area contributed by atoms with Crippen LogP contribution in [-0.2, 0) is 0 Å². The summed E-state index contributed by atoms with van der Waals surface area (Å²) in [5.41, 5.74) is 2.04. The number of alkyl halides is 3. The molecular weight excluding hydrogens is 384 g/mol. The molecule has 1 fully saturated rings. The second-order valence-electron chi connectivity index (χ2n) is 7.58. The van der Waals surface area contributed by atoms with Crippen molar-refractivity contribution in [3.8, 4) is 5.69 Å². The molecular formula is C21H18F4N4. The van der Waals surface area contributed by atoms with E-state index in [-0.39, 0.29) is 11.9 Å². The molecule has 0 spiro atoms. The summed E-state index contributed by atoms with van der Waals surface area (Å²) in [6, 6.07) is 11.3. The quantitative estimate of drug-likeness (QED) is 0.539. The molecule has 4 nitrogen and oxygen atoms in total. The zero-order valence-corrected chi connectivity index (χ0v) is 15.6. The van der Waals surface area contributed by atoms with Gasteiger partial charge in [-0.1, -0.05) is 6.42 Å². The monoisotopic (exact) mass is 402 g/mol. The van der Waals surface area contributed by atoms with E-state index in [1.54, 1.807) is 30.3 Å². The van der Waals surface area contributed by atoms with Crippen LogP contribution in [0.15, 0.2) is 47.6 Å². The lowest BCUT2D eigenvalue weighted by Crippen LogP contribution is -2.32. The highest BCUT2D eigenvalue weighted by Gasteiger charge is 2.51. The number of imidazole rings is 1. The van der Waals surface area contributed by atoms with Crippen LogP contribution in [0.25, 0.3) is 16.7 Å². The van der Waals surface area contributed by atoms with Gasteiger partial charge in [-0.25, -0.2) is 9.37 Å². The summed E-state index contributed by atoms with van der Waals surface area (Å²) in [6.07, 6.45) is -2.42. The van der Waals surface area contributed by atoms with E-state index >= 15 is 0 Å². The van der Waals surface area contributed by atoms with E-state index in [0.29, 0.717) is 35.4 Å². The van der Waals surface area contributed by atoms with Crippen molar-refractivity contribution in [2.24, 2.45) is 11.0 Å². The molecule has 1 saturated carbocycles. The number of nitrogens with zero attached hydrogens (tertiary/aromatic N) is 4. The summed E-state index contributed by atoms with van der Waals surface area (Å²) >= 11 is 0. The Hall–Kier alpha value is -2.90. The first-order chi connectivity index (χ1) is 13.8. The van der Waals surface area contributed by atoms with Crippen molar-refractivity contribution in [1.82, 2.24) is 9.55 Å². The molecule has 0 radical (unpaired) electrons. The average Bonchev–Trinajstić information content (AvgIpc) is 3.34. The molecule has 8 heteroatoms. The zero-order chi connectivity index (χ0) is 20.3. The Morgan fingerprint density at radius 2 is 1.72 bits per heavy atom. The normalized spacial score (nSPS) is 21.7. The molecule has 0 N–H and O–H groups in total. The first kappa shape index (κ1) is 18.1. The zero-order valence-electron chi connectivity index (χ0n) is 15.6. The van der Waals surface area contributed by atoms with Gasteiger partial charge >= 0.3 is 6.18 Å². The Labute approximate surface area is 164 Å². The third-order valence-corrected chi connectivity index (χ3v) is 5.81. The van der Waals surface area contributed by atoms with Crippen molar-refractivity contribution < 1.29 is 17.6 Å². The van der Waals surface area contributed by atoms with E-state index in [1.165, 1.54) is 17.1 Å². The molecule has 2 aliphatic rings. The van der Waals surface area contributed by atoms with E-state index < -0.39 is 17.8 Å². The molecule has 29 heavy (non-hydrogen) atoms. The molecule has 2 unspecified atom stereocenters. The van der Waals surface area contributed by atoms with Crippen LogP contribution in [0.4, 0.5) is 23.2 Å². The molecule has 5 rings (SSSR count). The van der Waals surface area contributed by atoms with Gasteiger partial charge in [0, 0.05) is 17.7 Å². The predicted molar refractivity (Wildman–Crippen MR) is 103 cm³/mol. The van der Waals surface area contributed by atoms with Crippen LogP contribution in [0.5, 0.6) is 0 Å². The SMILES string of the molecule is Cc1nc2ccc(F)cc2n1-c1ccc(N2N=C(C(F)(F)F)C3CCCC32)cc1. The van der Waals surface area contributed by atoms with Crippen LogP contribution in [0.1, 0.15) is 25.1 Å². The topological polar surface area (TPSA) is 33.4 Å². The standard InChI is InChI=1S/C21H18F4N4/c1-12-26-17-10-5-13(22)11-19(17)28(12)14-6-8-15(9-7-14)29-18-4-2-3-16(18)20(27-29)21(23,24)25/h5-11,16,18H,2-4H2,1H3. The fourth-order valence-corrected chi connectivity index (χ4v) is 4.58. The van der Waals surface area contributed by atoms with Crippen molar-refractivity contribution in [3.63, 3.8) is 0 Å². The van der Waals surface area contributed by atoms with Crippen LogP contribution < -0.4 is 5.01 Å². The minimum Gasteiger partial charge on any atom is -0.296 e. The highest BCUT2D eigenvalue weighted by Crippen LogP contribution is 2.43. The second kappa shape index (κ2) is 6.30. The van der Waals surface area contributed by atoms with Gasteiger partial charge in [-0.05, 0) is 56.2 Å². The van der Waals surface area contributed by atoms with E-state index in [0.717, 1.165) is 12.1 Å². The Morgan fingerprint density at radius 1 is 1.00 bits per heavy atom. The smallest absolute Gasteiger partial charge is 0.296 e. The first-order valence-corrected chi connectivity index (χ1v) is 9.53. The molecule has 1 aromatic heterocycles. The molecule has 2 aromatic carbocycles. The lowest BCUT2D eigenvalue weighted by Gasteiger charge is -2.23. The minimum atomic E-state index is -4.40. The summed E-state index contributed by atoms with van der Waals surface area (Å²) in [6.45, 7) is 1.83. The maximum Gasteiger partial charge on any atom is 0.431 e. The summed E-state index contributed by atoms with van der Waals surface area (Å²) in [4.78, 5) is 4.45. The average molecular weight is 402 g/mol. The Kier molecular flexibility index (Phi) is 3.94. The highest BCUT2D eigenvalue weighted by atomic mass is 19.4. The maximum absolute atomic E-state index is 13.7. The molecule has 2 atom stereocenters. The minimum absolute atomic E-state index is 0.248. The van der Waals surface area contributed by atoms with Gasteiger partial charge in [-0.2, -0.15) is 18.3 Å². The molecule has 1 aliphatic carbocycles. The molecule has 0 amide bonds. The third kappa shape index (κ3) is 2.89. The fourth-order valence-electron chi connectivity index (χ4n) is 4.58. The van der Waals surface area contributed by atoms with E-state index in [1.807, 2.05) is 11.5 Å². The third-order valence-electron chi connectivity index (χ3n) is 5.81. The van der Waals surface area contributed by atoms with Gasteiger partial charge in [0.25, 0.3) is 0 Å². The fraction of sp³-hybridized carbons (Fsp3) is 0.333. The summed E-state index contributed by atoms with van der Waals surface area (Å²) in [5, 5.41) is 5.46. The van der Waals surface area contributed by atoms with Crippen molar-refractivity contribution in [1.29, 1.82) is 0 Å². The van der Waals surface area contributed by atoms with Crippen LogP contribution in [-0.4, -0.2) is 27.5 Å². The summed E-state index contributed by atoms with van der Waals surface area (Å²) < 4.78 is 55.6. The number of benzene rings is 2. The van der Waals surface area contributed by atoms with Gasteiger partial charge in [0.15, 0.2) is 0 Å². The van der Waals surface area contributed by atoms with Crippen molar-refractivity contribution >= 4 is 22.4 Å². The van der Waals surface area contributed by atoms with Crippen LogP contribution in [0, 0.1) is 18.7 Å². The van der Waals surface area contributed by atoms with Gasteiger partial charge in [0.2, 0.25) is 0 Å². The Bertz CT molecular complexity index is 1110. The highest BCUT2D eigenvalue weighted by molar-refractivity contribution is 5.95. The van der Waals surface area contributed by atoms with Crippen LogP contribution in [0.3, 0.4) is 0 Å². The number of aromatic nitrogens is 2. The molecule has 3 aromatic rings. The number of fused-ring (bicyclic) bond motifs is 2. The van der Waals surface area contributed by atoms with Gasteiger partial charge in [-0.3, -0.25) is 9.58 Å². The van der Waals surface area contributed by atoms with Gasteiger partial charge in [0.05, 0.1) is 22.8 Å². The van der Waals surface area contributed by atoms with E-state index in [2.05, 4.69) is 10.1 Å². The van der Waals surface area contributed by atoms with Gasteiger partial charge in [0.1, 0.15) is 17.4 Å².